The van der Waals surface area contributed by atoms with Crippen molar-refractivity contribution in [2.45, 2.75) is 334 Å². The Hall–Kier alpha value is -4.05. The summed E-state index contributed by atoms with van der Waals surface area (Å²) in [5.41, 5.74) is 0. The van der Waals surface area contributed by atoms with Crippen molar-refractivity contribution >= 4 is 17.9 Å². The summed E-state index contributed by atoms with van der Waals surface area (Å²) in [4.78, 5) is 37.6. The van der Waals surface area contributed by atoms with Gasteiger partial charge < -0.3 is 33.3 Å². The number of allylic oxidation sites excluding steroid dienone is 18. The first-order valence-corrected chi connectivity index (χ1v) is 37.0. The summed E-state index contributed by atoms with van der Waals surface area (Å²) >= 11 is 0. The summed E-state index contributed by atoms with van der Waals surface area (Å²) in [6.07, 6.45) is 94.6. The second-order valence-electron chi connectivity index (χ2n) is 25.9. The Morgan fingerprint density at radius 2 is 0.640 bits per heavy atom. The van der Waals surface area contributed by atoms with E-state index in [0.717, 1.165) is 89.9 Å². The fourth-order valence-corrected chi connectivity index (χ4v) is 10.4. The molecule has 0 rings (SSSR count). The molecule has 89 heavy (non-hydrogen) atoms. The lowest BCUT2D eigenvalue weighted by molar-refractivity contribution is -0.870. The maximum absolute atomic E-state index is 13.0. The topological polar surface area (TPSA) is 111 Å². The molecule has 0 aromatic heterocycles. The van der Waals surface area contributed by atoms with Crippen LogP contribution in [0.1, 0.15) is 322 Å². The number of carbonyl (C=O) groups excluding carboxylic acids is 3. The van der Waals surface area contributed by atoms with Gasteiger partial charge in [-0.2, -0.15) is 0 Å². The molecule has 0 spiro atoms. The van der Waals surface area contributed by atoms with Crippen molar-refractivity contribution in [3.63, 3.8) is 0 Å². The third kappa shape index (κ3) is 71.3. The zero-order valence-corrected chi connectivity index (χ0v) is 58.5. The minimum absolute atomic E-state index is 0.144. The highest BCUT2D eigenvalue weighted by Crippen LogP contribution is 2.18. The summed E-state index contributed by atoms with van der Waals surface area (Å²) in [6.45, 7) is 4.65. The van der Waals surface area contributed by atoms with E-state index in [9.17, 15) is 19.5 Å². The van der Waals surface area contributed by atoms with Gasteiger partial charge in [-0.3, -0.25) is 9.59 Å². The van der Waals surface area contributed by atoms with Gasteiger partial charge in [0.2, 0.25) is 0 Å². The lowest BCUT2D eigenvalue weighted by atomic mass is 10.0. The number of carboxylic acid groups (broad SMARTS) is 1. The van der Waals surface area contributed by atoms with E-state index >= 15 is 0 Å². The molecule has 0 saturated heterocycles. The first-order valence-electron chi connectivity index (χ1n) is 37.0. The monoisotopic (exact) mass is 1240 g/mol. The van der Waals surface area contributed by atoms with Crippen molar-refractivity contribution < 1.29 is 42.9 Å². The highest BCUT2D eigenvalue weighted by Gasteiger charge is 2.22. The molecule has 9 heteroatoms. The minimum Gasteiger partial charge on any atom is -0.545 e. The van der Waals surface area contributed by atoms with Crippen LogP contribution in [0.4, 0.5) is 0 Å². The Balaban J connectivity index is 4.09. The zero-order chi connectivity index (χ0) is 64.7. The lowest BCUT2D eigenvalue weighted by Gasteiger charge is -2.26. The van der Waals surface area contributed by atoms with E-state index in [1.807, 2.05) is 21.1 Å². The van der Waals surface area contributed by atoms with Gasteiger partial charge in [-0.25, -0.2) is 0 Å². The van der Waals surface area contributed by atoms with Crippen LogP contribution in [0, 0.1) is 0 Å². The maximum Gasteiger partial charge on any atom is 0.306 e. The molecule has 0 bridgehead atoms. The molecule has 0 amide bonds. The third-order valence-electron chi connectivity index (χ3n) is 16.0. The van der Waals surface area contributed by atoms with Crippen LogP contribution in [-0.2, 0) is 33.3 Å². The van der Waals surface area contributed by atoms with Crippen LogP contribution in [0.25, 0.3) is 0 Å². The van der Waals surface area contributed by atoms with Gasteiger partial charge in [-0.1, -0.05) is 316 Å². The van der Waals surface area contributed by atoms with Crippen molar-refractivity contribution in [1.82, 2.24) is 0 Å². The number of hydrogen-bond donors (Lipinski definition) is 0. The van der Waals surface area contributed by atoms with Crippen molar-refractivity contribution in [3.05, 3.63) is 109 Å². The minimum atomic E-state index is -1.63. The molecule has 2 atom stereocenters. The smallest absolute Gasteiger partial charge is 0.306 e. The molecule has 0 radical (unpaired) electrons. The largest absolute Gasteiger partial charge is 0.545 e. The first-order chi connectivity index (χ1) is 43.6. The van der Waals surface area contributed by atoms with Crippen molar-refractivity contribution in [2.24, 2.45) is 0 Å². The molecule has 0 saturated carbocycles. The number of rotatable bonds is 68. The summed E-state index contributed by atoms with van der Waals surface area (Å²) in [5.74, 6) is -2.28. The fourth-order valence-electron chi connectivity index (χ4n) is 10.4. The molecular formula is C80H139NO8. The number of esters is 2. The normalized spacial score (nSPS) is 13.3. The van der Waals surface area contributed by atoms with Crippen LogP contribution in [0.3, 0.4) is 0 Å². The van der Waals surface area contributed by atoms with Gasteiger partial charge in [-0.05, 0) is 103 Å². The van der Waals surface area contributed by atoms with Crippen LogP contribution in [0.2, 0.25) is 0 Å². The Labute approximate surface area is 549 Å². The molecule has 512 valence electrons. The molecule has 0 N–H and O–H groups in total. The number of carboxylic acids is 1. The average molecular weight is 1240 g/mol. The highest BCUT2D eigenvalue weighted by molar-refractivity contribution is 5.70. The van der Waals surface area contributed by atoms with E-state index in [1.165, 1.54) is 199 Å². The molecular weight excluding hydrogens is 1100 g/mol. The van der Waals surface area contributed by atoms with Gasteiger partial charge in [-0.15, -0.1) is 0 Å². The van der Waals surface area contributed by atoms with Crippen LogP contribution in [0.15, 0.2) is 109 Å². The highest BCUT2D eigenvalue weighted by atomic mass is 16.7. The molecule has 0 fully saturated rings. The average Bonchev–Trinajstić information content (AvgIpc) is 3.64. The Morgan fingerprint density at radius 1 is 0.348 bits per heavy atom. The second-order valence-corrected chi connectivity index (χ2v) is 25.9. The predicted octanol–water partition coefficient (Wildman–Crippen LogP) is 22.0. The third-order valence-corrected chi connectivity index (χ3v) is 16.0. The fraction of sp³-hybridized carbons (Fsp3) is 0.738. The summed E-state index contributed by atoms with van der Waals surface area (Å²) in [7, 11) is 5.93. The van der Waals surface area contributed by atoms with Gasteiger partial charge >= 0.3 is 11.9 Å². The number of ether oxygens (including phenoxy) is 4. The van der Waals surface area contributed by atoms with Crippen molar-refractivity contribution in [3.8, 4) is 0 Å². The molecule has 2 unspecified atom stereocenters. The summed E-state index contributed by atoms with van der Waals surface area (Å²) in [6, 6.07) is 0. The van der Waals surface area contributed by atoms with Gasteiger partial charge in [0.25, 0.3) is 0 Å². The molecule has 0 aromatic rings. The molecule has 0 aromatic carbocycles. The lowest BCUT2D eigenvalue weighted by Crippen LogP contribution is -2.44. The van der Waals surface area contributed by atoms with Gasteiger partial charge in [0.15, 0.2) is 12.4 Å². The van der Waals surface area contributed by atoms with E-state index in [1.54, 1.807) is 0 Å². The number of aliphatic carboxylic acids is 1. The molecule has 0 aliphatic rings. The maximum atomic E-state index is 13.0. The number of hydrogen-bond acceptors (Lipinski definition) is 8. The summed E-state index contributed by atoms with van der Waals surface area (Å²) in [5, 5.41) is 11.8. The molecule has 0 heterocycles. The van der Waals surface area contributed by atoms with Crippen LogP contribution in [-0.4, -0.2) is 82.3 Å². The summed E-state index contributed by atoms with van der Waals surface area (Å²) < 4.78 is 22.8. The Kier molecular flexibility index (Phi) is 66.7. The predicted molar refractivity (Wildman–Crippen MR) is 380 cm³/mol. The van der Waals surface area contributed by atoms with E-state index in [-0.39, 0.29) is 38.6 Å². The SMILES string of the molecule is CC/C=C\C/C=C\C/C=C\C/C=C\C/C=C\C/C=C\CCCCCCCCCCCCCCC(=O)OC(COC(=O)CCCCCCCCCCCCCCCCCCCC/C=C\C/C=C\C/C=C\CCCCCCC)COC(OCC[N+](C)(C)C)C(=O)[O-]. The standard InChI is InChI=1S/C80H139NO8/c1-6-8-10-12-14-16-18-20-22-24-26-28-30-32-34-36-38-39-41-42-44-46-48-50-52-54-56-58-60-62-64-66-68-70-77(82)87-74-76(75-88-80(79(84)85)86-73-72-81(3,4)5)89-78(83)71-69-67-65-63-61-59-57-55-53-51-49-47-45-43-40-37-35-33-31-29-27-25-23-21-19-17-15-13-11-9-7-2/h9,11,15,17-18,20-21,23-24,26-27,29-30,32-33,35,40,43,76,80H,6-8,10,12-14,16,19,22,25,28,31,34,36-39,41-42,44-75H2,1-5H3/b11-9-,17-15-,20-18-,23-21-,26-24-,29-27-,32-30-,35-33-,43-40-. The van der Waals surface area contributed by atoms with Crippen molar-refractivity contribution in [2.75, 3.05) is 47.5 Å². The number of likely N-dealkylation sites (N-methyl/N-ethyl adjacent to an activating group) is 1. The van der Waals surface area contributed by atoms with Crippen molar-refractivity contribution in [1.29, 1.82) is 0 Å². The quantitative estimate of drug-likeness (QED) is 0.0195. The van der Waals surface area contributed by atoms with E-state index in [0.29, 0.717) is 17.4 Å². The van der Waals surface area contributed by atoms with Crippen LogP contribution in [0.5, 0.6) is 0 Å². The van der Waals surface area contributed by atoms with E-state index in [2.05, 4.69) is 123 Å². The first kappa shape index (κ1) is 85.0. The van der Waals surface area contributed by atoms with Gasteiger partial charge in [0, 0.05) is 12.8 Å². The van der Waals surface area contributed by atoms with Crippen LogP contribution >= 0.6 is 0 Å². The number of unbranched alkanes of at least 4 members (excludes halogenated alkanes) is 35. The Morgan fingerprint density at radius 3 is 0.955 bits per heavy atom. The van der Waals surface area contributed by atoms with E-state index in [4.69, 9.17) is 18.9 Å². The second kappa shape index (κ2) is 69.8. The number of carbonyl (C=O) groups is 3. The molecule has 0 aliphatic carbocycles. The number of nitrogens with zero attached hydrogens (tertiary/aromatic N) is 1. The van der Waals surface area contributed by atoms with Gasteiger partial charge in [0.05, 0.1) is 40.3 Å². The van der Waals surface area contributed by atoms with E-state index < -0.39 is 24.3 Å². The number of quaternary nitrogens is 1. The molecule has 0 aliphatic heterocycles. The zero-order valence-electron chi connectivity index (χ0n) is 58.5. The van der Waals surface area contributed by atoms with Crippen LogP contribution < -0.4 is 5.11 Å². The van der Waals surface area contributed by atoms with Gasteiger partial charge in [0.1, 0.15) is 13.2 Å². The molecule has 9 nitrogen and oxygen atoms in total. The Bertz CT molecular complexity index is 1830.